The summed E-state index contributed by atoms with van der Waals surface area (Å²) < 4.78 is 0. The van der Waals surface area contributed by atoms with Crippen molar-refractivity contribution in [2.75, 3.05) is 23.7 Å². The van der Waals surface area contributed by atoms with Crippen LogP contribution in [0.5, 0.6) is 0 Å². The fourth-order valence-electron chi connectivity index (χ4n) is 1.82. The molecular formula is C11H17N3. The molecule has 0 bridgehead atoms. The van der Waals surface area contributed by atoms with Gasteiger partial charge < -0.3 is 10.6 Å². The van der Waals surface area contributed by atoms with Gasteiger partial charge in [0.2, 0.25) is 0 Å². The van der Waals surface area contributed by atoms with E-state index >= 15 is 0 Å². The molecule has 0 spiro atoms. The lowest BCUT2D eigenvalue weighted by Crippen LogP contribution is -2.49. The molecule has 0 radical (unpaired) electrons. The molecular weight excluding hydrogens is 174 g/mol. The second kappa shape index (κ2) is 3.48. The normalized spacial score (nSPS) is 17.2. The zero-order chi connectivity index (χ0) is 10.1. The lowest BCUT2D eigenvalue weighted by atomic mass is 9.88. The number of hydrogen-bond donors (Lipinski definition) is 1. The lowest BCUT2D eigenvalue weighted by Gasteiger charge is -2.43. The van der Waals surface area contributed by atoms with Gasteiger partial charge in [0.1, 0.15) is 0 Å². The largest absolute Gasteiger partial charge is 0.396 e. The third-order valence-corrected chi connectivity index (χ3v) is 3.02. The maximum Gasteiger partial charge on any atom is 0.0738 e. The second-order valence-electron chi connectivity index (χ2n) is 4.34. The average molecular weight is 191 g/mol. The number of pyridine rings is 1. The zero-order valence-corrected chi connectivity index (χ0v) is 8.77. The Bertz CT molecular complexity index is 316. The summed E-state index contributed by atoms with van der Waals surface area (Å²) in [6.07, 6.45) is 3.52. The van der Waals surface area contributed by atoms with E-state index in [9.17, 15) is 0 Å². The lowest BCUT2D eigenvalue weighted by molar-refractivity contribution is 0.310. The quantitative estimate of drug-likeness (QED) is 0.774. The predicted octanol–water partition coefficient (Wildman–Crippen LogP) is 1.76. The molecule has 14 heavy (non-hydrogen) atoms. The number of nitrogens with zero attached hydrogens (tertiary/aromatic N) is 2. The molecule has 1 saturated heterocycles. The van der Waals surface area contributed by atoms with Crippen molar-refractivity contribution >= 4 is 11.4 Å². The van der Waals surface area contributed by atoms with E-state index in [-0.39, 0.29) is 0 Å². The number of hydrogen-bond acceptors (Lipinski definition) is 3. The summed E-state index contributed by atoms with van der Waals surface area (Å²) in [7, 11) is 0. The summed E-state index contributed by atoms with van der Waals surface area (Å²) in [5.41, 5.74) is 7.77. The van der Waals surface area contributed by atoms with Crippen LogP contribution in [0.4, 0.5) is 11.4 Å². The van der Waals surface area contributed by atoms with Crippen LogP contribution in [0.3, 0.4) is 0 Å². The van der Waals surface area contributed by atoms with Gasteiger partial charge in [-0.25, -0.2) is 0 Å². The molecule has 0 saturated carbocycles. The number of rotatable bonds is 2. The first-order chi connectivity index (χ1) is 6.68. The molecule has 1 aliphatic heterocycles. The van der Waals surface area contributed by atoms with Gasteiger partial charge in [-0.15, -0.1) is 0 Å². The molecule has 0 aliphatic carbocycles. The Morgan fingerprint density at radius 3 is 2.79 bits per heavy atom. The van der Waals surface area contributed by atoms with Crippen LogP contribution in [0.15, 0.2) is 18.5 Å². The topological polar surface area (TPSA) is 42.2 Å². The monoisotopic (exact) mass is 191 g/mol. The Balaban J connectivity index is 2.03. The van der Waals surface area contributed by atoms with Gasteiger partial charge in [-0.2, -0.15) is 0 Å². The van der Waals surface area contributed by atoms with Crippen molar-refractivity contribution in [3.05, 3.63) is 18.5 Å². The van der Waals surface area contributed by atoms with Gasteiger partial charge in [-0.05, 0) is 17.9 Å². The summed E-state index contributed by atoms with van der Waals surface area (Å²) in [6, 6.07) is 1.99. The molecule has 0 amide bonds. The van der Waals surface area contributed by atoms with Crippen LogP contribution in [0.25, 0.3) is 0 Å². The minimum Gasteiger partial charge on any atom is -0.396 e. The van der Waals surface area contributed by atoms with E-state index in [1.165, 1.54) is 0 Å². The fourth-order valence-corrected chi connectivity index (χ4v) is 1.82. The molecule has 3 heteroatoms. The van der Waals surface area contributed by atoms with Gasteiger partial charge in [0, 0.05) is 19.3 Å². The van der Waals surface area contributed by atoms with Crippen LogP contribution in [0.2, 0.25) is 0 Å². The van der Waals surface area contributed by atoms with Crippen molar-refractivity contribution in [3.8, 4) is 0 Å². The standard InChI is InChI=1S/C11H17N3/c1-8(2)9-6-14(7-9)11-3-4-13-5-10(11)12/h3-5,8-9H,6-7,12H2,1-2H3. The van der Waals surface area contributed by atoms with Crippen molar-refractivity contribution in [1.29, 1.82) is 0 Å². The first-order valence-corrected chi connectivity index (χ1v) is 5.13. The fraction of sp³-hybridized carbons (Fsp3) is 0.545. The highest BCUT2D eigenvalue weighted by molar-refractivity contribution is 5.67. The smallest absolute Gasteiger partial charge is 0.0738 e. The molecule has 2 N–H and O–H groups in total. The van der Waals surface area contributed by atoms with Crippen LogP contribution in [-0.2, 0) is 0 Å². The Morgan fingerprint density at radius 2 is 2.21 bits per heavy atom. The number of nitrogen functional groups attached to an aromatic ring is 1. The van der Waals surface area contributed by atoms with E-state index in [0.29, 0.717) is 0 Å². The van der Waals surface area contributed by atoms with Crippen molar-refractivity contribution in [2.45, 2.75) is 13.8 Å². The number of anilines is 2. The van der Waals surface area contributed by atoms with Crippen LogP contribution in [0.1, 0.15) is 13.8 Å². The van der Waals surface area contributed by atoms with Gasteiger partial charge in [-0.3, -0.25) is 4.98 Å². The van der Waals surface area contributed by atoms with E-state index in [1.807, 2.05) is 6.07 Å². The Morgan fingerprint density at radius 1 is 1.50 bits per heavy atom. The molecule has 1 fully saturated rings. The highest BCUT2D eigenvalue weighted by atomic mass is 15.2. The summed E-state index contributed by atoms with van der Waals surface area (Å²) in [5, 5.41) is 0. The van der Waals surface area contributed by atoms with Crippen molar-refractivity contribution in [2.24, 2.45) is 11.8 Å². The van der Waals surface area contributed by atoms with Crippen LogP contribution < -0.4 is 10.6 Å². The zero-order valence-electron chi connectivity index (χ0n) is 8.77. The maximum atomic E-state index is 5.85. The average Bonchev–Trinajstić information content (AvgIpc) is 2.05. The minimum absolute atomic E-state index is 0.773. The van der Waals surface area contributed by atoms with Gasteiger partial charge in [0.05, 0.1) is 17.6 Å². The van der Waals surface area contributed by atoms with E-state index in [2.05, 4.69) is 23.7 Å². The van der Waals surface area contributed by atoms with E-state index < -0.39 is 0 Å². The van der Waals surface area contributed by atoms with Gasteiger partial charge in [0.25, 0.3) is 0 Å². The van der Waals surface area contributed by atoms with Gasteiger partial charge in [0.15, 0.2) is 0 Å². The van der Waals surface area contributed by atoms with Crippen LogP contribution in [0, 0.1) is 11.8 Å². The summed E-state index contributed by atoms with van der Waals surface area (Å²) in [5.74, 6) is 1.59. The molecule has 1 aromatic heterocycles. The summed E-state index contributed by atoms with van der Waals surface area (Å²) >= 11 is 0. The summed E-state index contributed by atoms with van der Waals surface area (Å²) in [6.45, 7) is 6.81. The van der Waals surface area contributed by atoms with Crippen LogP contribution in [-0.4, -0.2) is 18.1 Å². The molecule has 76 valence electrons. The highest BCUT2D eigenvalue weighted by Gasteiger charge is 2.29. The Kier molecular flexibility index (Phi) is 2.32. The molecule has 1 aliphatic rings. The van der Waals surface area contributed by atoms with Gasteiger partial charge in [-0.1, -0.05) is 13.8 Å². The van der Waals surface area contributed by atoms with E-state index in [4.69, 9.17) is 5.73 Å². The minimum atomic E-state index is 0.773. The van der Waals surface area contributed by atoms with Crippen molar-refractivity contribution in [1.82, 2.24) is 4.98 Å². The third-order valence-electron chi connectivity index (χ3n) is 3.02. The van der Waals surface area contributed by atoms with Gasteiger partial charge >= 0.3 is 0 Å². The molecule has 3 nitrogen and oxygen atoms in total. The first kappa shape index (κ1) is 9.31. The highest BCUT2D eigenvalue weighted by Crippen LogP contribution is 2.31. The van der Waals surface area contributed by atoms with Crippen molar-refractivity contribution in [3.63, 3.8) is 0 Å². The third kappa shape index (κ3) is 1.54. The van der Waals surface area contributed by atoms with Crippen LogP contribution >= 0.6 is 0 Å². The van der Waals surface area contributed by atoms with Crippen molar-refractivity contribution < 1.29 is 0 Å². The first-order valence-electron chi connectivity index (χ1n) is 5.13. The Labute approximate surface area is 84.9 Å². The summed E-state index contributed by atoms with van der Waals surface area (Å²) in [4.78, 5) is 6.31. The molecule has 1 aromatic rings. The Hall–Kier alpha value is -1.25. The van der Waals surface area contributed by atoms with E-state index in [1.54, 1.807) is 12.4 Å². The molecule has 2 heterocycles. The number of aromatic nitrogens is 1. The number of nitrogens with two attached hydrogens (primary N) is 1. The maximum absolute atomic E-state index is 5.85. The molecule has 0 aromatic carbocycles. The van der Waals surface area contributed by atoms with E-state index in [0.717, 1.165) is 36.3 Å². The second-order valence-corrected chi connectivity index (χ2v) is 4.34. The molecule has 2 rings (SSSR count). The SMILES string of the molecule is CC(C)C1CN(c2ccncc2N)C1. The predicted molar refractivity (Wildman–Crippen MR) is 59.2 cm³/mol. The molecule has 0 unspecified atom stereocenters. The molecule has 0 atom stereocenters.